The van der Waals surface area contributed by atoms with Crippen LogP contribution in [-0.4, -0.2) is 50.3 Å². The third-order valence-corrected chi connectivity index (χ3v) is 4.74. The number of rotatable bonds is 6. The number of amides is 1. The van der Waals surface area contributed by atoms with Crippen LogP contribution in [0.2, 0.25) is 0 Å². The number of aliphatic imine (C=N–C) groups is 1. The van der Waals surface area contributed by atoms with E-state index in [-0.39, 0.29) is 53.2 Å². The number of guanidine groups is 1. The van der Waals surface area contributed by atoms with Gasteiger partial charge in [0, 0.05) is 37.3 Å². The van der Waals surface area contributed by atoms with Gasteiger partial charge in [0.15, 0.2) is 5.96 Å². The summed E-state index contributed by atoms with van der Waals surface area (Å²) in [5.41, 5.74) is 0.647. The Morgan fingerprint density at radius 3 is 2.34 bits per heavy atom. The Labute approximate surface area is 190 Å². The second kappa shape index (κ2) is 11.7. The van der Waals surface area contributed by atoms with Gasteiger partial charge < -0.3 is 20.7 Å². The van der Waals surface area contributed by atoms with Crippen molar-refractivity contribution >= 4 is 35.8 Å². The van der Waals surface area contributed by atoms with Gasteiger partial charge in [0.1, 0.15) is 12.4 Å². The van der Waals surface area contributed by atoms with Crippen LogP contribution >= 0.6 is 24.0 Å². The van der Waals surface area contributed by atoms with E-state index in [1.807, 2.05) is 39.8 Å². The van der Waals surface area contributed by atoms with Gasteiger partial charge in [-0.2, -0.15) is 0 Å². The van der Waals surface area contributed by atoms with Crippen molar-refractivity contribution in [2.24, 2.45) is 4.99 Å². The molecule has 0 aromatic heterocycles. The van der Waals surface area contributed by atoms with E-state index in [0.29, 0.717) is 32.3 Å². The van der Waals surface area contributed by atoms with Crippen LogP contribution in [0.3, 0.4) is 0 Å². The molecule has 0 radical (unpaired) electrons. The molecule has 1 fully saturated rings. The van der Waals surface area contributed by atoms with Gasteiger partial charge >= 0.3 is 0 Å². The molecule has 164 valence electrons. The summed E-state index contributed by atoms with van der Waals surface area (Å²) in [4.78, 5) is 16.5. The molecule has 1 aromatic carbocycles. The standard InChI is InChI=1S/C21H33FN4O2.HI/c1-5-23-19(24-14-18(27)26-20(2,3)4)25-15-21(10-12-28-13-11-21)16-6-8-17(22)9-7-16;/h6-9H,5,10-15H2,1-4H3,(H,26,27)(H2,23,24,25);1H. The maximum absolute atomic E-state index is 13.4. The van der Waals surface area contributed by atoms with Crippen LogP contribution in [0.4, 0.5) is 4.39 Å². The average molecular weight is 520 g/mol. The van der Waals surface area contributed by atoms with Crippen molar-refractivity contribution < 1.29 is 13.9 Å². The zero-order chi connectivity index (χ0) is 20.6. The summed E-state index contributed by atoms with van der Waals surface area (Å²) in [5.74, 6) is 0.238. The molecule has 29 heavy (non-hydrogen) atoms. The SMILES string of the molecule is CCNC(=NCC(=O)NC(C)(C)C)NCC1(c2ccc(F)cc2)CCOCC1.I. The number of nitrogens with one attached hydrogen (secondary N) is 3. The van der Waals surface area contributed by atoms with Crippen molar-refractivity contribution in [2.45, 2.75) is 51.5 Å². The van der Waals surface area contributed by atoms with Crippen molar-refractivity contribution in [1.29, 1.82) is 0 Å². The van der Waals surface area contributed by atoms with Gasteiger partial charge in [-0.1, -0.05) is 12.1 Å². The van der Waals surface area contributed by atoms with E-state index in [9.17, 15) is 9.18 Å². The van der Waals surface area contributed by atoms with Gasteiger partial charge in [-0.15, -0.1) is 24.0 Å². The van der Waals surface area contributed by atoms with E-state index in [2.05, 4.69) is 20.9 Å². The second-order valence-corrected chi connectivity index (χ2v) is 8.25. The fraction of sp³-hybridized carbons (Fsp3) is 0.619. The molecule has 8 heteroatoms. The van der Waals surface area contributed by atoms with E-state index >= 15 is 0 Å². The number of carbonyl (C=O) groups is 1. The van der Waals surface area contributed by atoms with Crippen LogP contribution in [0.5, 0.6) is 0 Å². The van der Waals surface area contributed by atoms with Crippen LogP contribution in [-0.2, 0) is 14.9 Å². The number of halogens is 2. The number of carbonyl (C=O) groups excluding carboxylic acids is 1. The van der Waals surface area contributed by atoms with Gasteiger partial charge in [-0.05, 0) is 58.2 Å². The molecule has 1 aliphatic rings. The minimum absolute atomic E-state index is 0. The first-order valence-corrected chi connectivity index (χ1v) is 9.91. The monoisotopic (exact) mass is 520 g/mol. The topological polar surface area (TPSA) is 74.8 Å². The smallest absolute Gasteiger partial charge is 0.242 e. The minimum atomic E-state index is -0.285. The predicted molar refractivity (Wildman–Crippen MR) is 125 cm³/mol. The van der Waals surface area contributed by atoms with E-state index in [1.165, 1.54) is 12.1 Å². The number of benzene rings is 1. The Kier molecular flexibility index (Phi) is 10.3. The number of hydrogen-bond donors (Lipinski definition) is 3. The summed E-state index contributed by atoms with van der Waals surface area (Å²) in [6.45, 7) is 10.5. The molecule has 3 N–H and O–H groups in total. The fourth-order valence-corrected chi connectivity index (χ4v) is 3.34. The first-order valence-electron chi connectivity index (χ1n) is 9.91. The lowest BCUT2D eigenvalue weighted by atomic mass is 9.74. The molecular formula is C21H34FIN4O2. The van der Waals surface area contributed by atoms with Crippen molar-refractivity contribution in [3.8, 4) is 0 Å². The molecule has 1 aliphatic heterocycles. The fourth-order valence-electron chi connectivity index (χ4n) is 3.34. The van der Waals surface area contributed by atoms with Crippen LogP contribution in [0.15, 0.2) is 29.3 Å². The van der Waals surface area contributed by atoms with Gasteiger partial charge in [-0.3, -0.25) is 4.79 Å². The highest BCUT2D eigenvalue weighted by atomic mass is 127. The minimum Gasteiger partial charge on any atom is -0.381 e. The summed E-state index contributed by atoms with van der Waals surface area (Å²) in [6, 6.07) is 6.71. The molecule has 0 bridgehead atoms. The molecule has 1 aromatic rings. The Morgan fingerprint density at radius 1 is 1.17 bits per heavy atom. The molecule has 2 rings (SSSR count). The Balaban J connectivity index is 0.00000420. The molecular weight excluding hydrogens is 486 g/mol. The lowest BCUT2D eigenvalue weighted by Gasteiger charge is -2.38. The van der Waals surface area contributed by atoms with Crippen LogP contribution < -0.4 is 16.0 Å². The molecule has 0 atom stereocenters. The summed E-state index contributed by atoms with van der Waals surface area (Å²) in [7, 11) is 0. The van der Waals surface area contributed by atoms with E-state index < -0.39 is 0 Å². The van der Waals surface area contributed by atoms with Crippen molar-refractivity contribution in [3.05, 3.63) is 35.6 Å². The normalized spacial score (nSPS) is 16.5. The van der Waals surface area contributed by atoms with Crippen LogP contribution in [0.25, 0.3) is 0 Å². The maximum Gasteiger partial charge on any atom is 0.242 e. The highest BCUT2D eigenvalue weighted by molar-refractivity contribution is 14.0. The summed E-state index contributed by atoms with van der Waals surface area (Å²) in [6.07, 6.45) is 1.69. The number of hydrogen-bond acceptors (Lipinski definition) is 3. The summed E-state index contributed by atoms with van der Waals surface area (Å²) < 4.78 is 18.9. The molecule has 0 aliphatic carbocycles. The Bertz CT molecular complexity index is 668. The highest BCUT2D eigenvalue weighted by Crippen LogP contribution is 2.34. The van der Waals surface area contributed by atoms with Crippen LogP contribution in [0, 0.1) is 5.82 Å². The highest BCUT2D eigenvalue weighted by Gasteiger charge is 2.34. The van der Waals surface area contributed by atoms with E-state index in [4.69, 9.17) is 4.74 Å². The summed E-state index contributed by atoms with van der Waals surface area (Å²) >= 11 is 0. The first-order chi connectivity index (χ1) is 13.2. The van der Waals surface area contributed by atoms with Crippen molar-refractivity contribution in [2.75, 3.05) is 32.8 Å². The Hall–Kier alpha value is -1.42. The largest absolute Gasteiger partial charge is 0.381 e. The first kappa shape index (κ1) is 25.6. The van der Waals surface area contributed by atoms with Crippen molar-refractivity contribution in [3.63, 3.8) is 0 Å². The zero-order valence-electron chi connectivity index (χ0n) is 17.8. The molecule has 1 heterocycles. The van der Waals surface area contributed by atoms with Crippen molar-refractivity contribution in [1.82, 2.24) is 16.0 Å². The lowest BCUT2D eigenvalue weighted by molar-refractivity contribution is -0.121. The number of nitrogens with zero attached hydrogens (tertiary/aromatic N) is 1. The zero-order valence-corrected chi connectivity index (χ0v) is 20.1. The average Bonchev–Trinajstić information content (AvgIpc) is 2.64. The Morgan fingerprint density at radius 2 is 1.79 bits per heavy atom. The molecule has 6 nitrogen and oxygen atoms in total. The van der Waals surface area contributed by atoms with Crippen LogP contribution in [0.1, 0.15) is 46.1 Å². The number of ether oxygens (including phenoxy) is 1. The third kappa shape index (κ3) is 8.46. The van der Waals surface area contributed by atoms with Gasteiger partial charge in [-0.25, -0.2) is 9.38 Å². The third-order valence-electron chi connectivity index (χ3n) is 4.74. The van der Waals surface area contributed by atoms with Gasteiger partial charge in [0.25, 0.3) is 0 Å². The quantitative estimate of drug-likeness (QED) is 0.307. The lowest BCUT2D eigenvalue weighted by Crippen LogP contribution is -2.48. The predicted octanol–water partition coefficient (Wildman–Crippen LogP) is 2.96. The maximum atomic E-state index is 13.4. The molecule has 0 spiro atoms. The second-order valence-electron chi connectivity index (χ2n) is 8.25. The van der Waals surface area contributed by atoms with Gasteiger partial charge in [0.2, 0.25) is 5.91 Å². The molecule has 0 unspecified atom stereocenters. The molecule has 1 saturated heterocycles. The van der Waals surface area contributed by atoms with E-state index in [0.717, 1.165) is 18.4 Å². The molecule has 1 amide bonds. The summed E-state index contributed by atoms with van der Waals surface area (Å²) in [5, 5.41) is 9.47. The molecule has 0 saturated carbocycles. The van der Waals surface area contributed by atoms with E-state index in [1.54, 1.807) is 0 Å². The van der Waals surface area contributed by atoms with Gasteiger partial charge in [0.05, 0.1) is 0 Å².